The molecule has 0 aromatic heterocycles. The van der Waals surface area contributed by atoms with Gasteiger partial charge in [0, 0.05) is 12.6 Å². The van der Waals surface area contributed by atoms with E-state index < -0.39 is 11.5 Å². The Kier molecular flexibility index (Phi) is 6.30. The molecule has 116 valence electrons. The molecule has 0 bridgehead atoms. The summed E-state index contributed by atoms with van der Waals surface area (Å²) in [6.45, 7) is 6.18. The average molecular weight is 284 g/mol. The second-order valence-electron chi connectivity index (χ2n) is 5.60. The highest BCUT2D eigenvalue weighted by Gasteiger charge is 2.38. The largest absolute Gasteiger partial charge is 0.480 e. The van der Waals surface area contributed by atoms with Crippen LogP contribution in [0.2, 0.25) is 0 Å². The molecule has 0 aromatic rings. The summed E-state index contributed by atoms with van der Waals surface area (Å²) >= 11 is 0. The minimum Gasteiger partial charge on any atom is -0.480 e. The van der Waals surface area contributed by atoms with E-state index in [0.717, 1.165) is 25.7 Å². The normalized spacial score (nSPS) is 16.8. The highest BCUT2D eigenvalue weighted by Crippen LogP contribution is 2.23. The zero-order valence-electron chi connectivity index (χ0n) is 12.9. The van der Waals surface area contributed by atoms with Gasteiger partial charge in [-0.05, 0) is 32.6 Å². The number of carbonyl (C=O) groups excluding carboxylic acids is 1. The molecule has 1 aliphatic rings. The first-order valence-electron chi connectivity index (χ1n) is 7.82. The molecule has 1 fully saturated rings. The van der Waals surface area contributed by atoms with Gasteiger partial charge in [0.05, 0.1) is 0 Å². The Hall–Kier alpha value is -1.26. The van der Waals surface area contributed by atoms with E-state index in [-0.39, 0.29) is 12.1 Å². The minimum atomic E-state index is -1.14. The zero-order chi connectivity index (χ0) is 15.2. The van der Waals surface area contributed by atoms with E-state index in [1.54, 1.807) is 13.8 Å². The van der Waals surface area contributed by atoms with Crippen LogP contribution in [0.1, 0.15) is 65.7 Å². The van der Waals surface area contributed by atoms with Crippen LogP contribution in [-0.4, -0.2) is 40.1 Å². The Bertz CT molecular complexity index is 334. The predicted molar refractivity (Wildman–Crippen MR) is 78.7 cm³/mol. The van der Waals surface area contributed by atoms with Crippen molar-refractivity contribution in [2.75, 3.05) is 6.54 Å². The summed E-state index contributed by atoms with van der Waals surface area (Å²) < 4.78 is 0. The molecule has 0 aromatic carbocycles. The molecule has 0 radical (unpaired) electrons. The molecule has 1 aliphatic carbocycles. The number of aliphatic carboxylic acids is 1. The van der Waals surface area contributed by atoms with Gasteiger partial charge in [-0.3, -0.25) is 0 Å². The molecule has 0 aliphatic heterocycles. The SMILES string of the molecule is CCN(C(=O)NC(CC)(CC)C(=O)O)C1CCCCC1. The summed E-state index contributed by atoms with van der Waals surface area (Å²) in [7, 11) is 0. The van der Waals surface area contributed by atoms with E-state index in [9.17, 15) is 14.7 Å². The molecule has 0 heterocycles. The number of nitrogens with zero attached hydrogens (tertiary/aromatic N) is 1. The molecule has 2 amide bonds. The lowest BCUT2D eigenvalue weighted by molar-refractivity contribution is -0.144. The topological polar surface area (TPSA) is 69.6 Å². The first kappa shape index (κ1) is 16.8. The van der Waals surface area contributed by atoms with E-state index in [1.165, 1.54) is 6.42 Å². The second-order valence-corrected chi connectivity index (χ2v) is 5.60. The summed E-state index contributed by atoms with van der Waals surface area (Å²) in [6.07, 6.45) is 6.39. The molecule has 20 heavy (non-hydrogen) atoms. The van der Waals surface area contributed by atoms with Crippen molar-refractivity contribution in [3.05, 3.63) is 0 Å². The van der Waals surface area contributed by atoms with Crippen LogP contribution >= 0.6 is 0 Å². The maximum absolute atomic E-state index is 12.5. The number of carboxylic acids is 1. The molecular weight excluding hydrogens is 256 g/mol. The quantitative estimate of drug-likeness (QED) is 0.787. The number of urea groups is 1. The van der Waals surface area contributed by atoms with Crippen molar-refractivity contribution >= 4 is 12.0 Å². The standard InChI is InChI=1S/C15H28N2O3/c1-4-15(5-2,13(18)19)16-14(20)17(6-3)12-10-8-7-9-11-12/h12H,4-11H2,1-3H3,(H,16,20)(H,18,19). The van der Waals surface area contributed by atoms with Crippen LogP contribution in [0.5, 0.6) is 0 Å². The maximum atomic E-state index is 12.5. The van der Waals surface area contributed by atoms with Crippen LogP contribution in [0.15, 0.2) is 0 Å². The van der Waals surface area contributed by atoms with Gasteiger partial charge in [-0.25, -0.2) is 9.59 Å². The zero-order valence-corrected chi connectivity index (χ0v) is 12.9. The molecule has 0 spiro atoms. The van der Waals surface area contributed by atoms with Gasteiger partial charge in [0.2, 0.25) is 0 Å². The van der Waals surface area contributed by atoms with Crippen molar-refractivity contribution in [2.45, 2.75) is 77.3 Å². The Morgan fingerprint density at radius 3 is 2.10 bits per heavy atom. The number of rotatable bonds is 6. The van der Waals surface area contributed by atoms with Gasteiger partial charge < -0.3 is 15.3 Å². The summed E-state index contributed by atoms with van der Waals surface area (Å²) in [4.78, 5) is 25.7. The van der Waals surface area contributed by atoms with Crippen molar-refractivity contribution in [3.8, 4) is 0 Å². The van der Waals surface area contributed by atoms with Gasteiger partial charge in [-0.1, -0.05) is 33.1 Å². The van der Waals surface area contributed by atoms with E-state index in [0.29, 0.717) is 19.4 Å². The monoisotopic (exact) mass is 284 g/mol. The third-order valence-corrected chi connectivity index (χ3v) is 4.58. The molecule has 1 rings (SSSR count). The highest BCUT2D eigenvalue weighted by atomic mass is 16.4. The average Bonchev–Trinajstić information content (AvgIpc) is 2.46. The number of carbonyl (C=O) groups is 2. The van der Waals surface area contributed by atoms with Gasteiger partial charge >= 0.3 is 12.0 Å². The fourth-order valence-electron chi connectivity index (χ4n) is 3.02. The number of amides is 2. The summed E-state index contributed by atoms with van der Waals surface area (Å²) in [5.41, 5.74) is -1.14. The molecule has 2 N–H and O–H groups in total. The van der Waals surface area contributed by atoms with Crippen molar-refractivity contribution < 1.29 is 14.7 Å². The van der Waals surface area contributed by atoms with E-state index >= 15 is 0 Å². The van der Waals surface area contributed by atoms with Gasteiger partial charge in [-0.2, -0.15) is 0 Å². The van der Waals surface area contributed by atoms with Crippen molar-refractivity contribution in [1.29, 1.82) is 0 Å². The number of hydrogen-bond acceptors (Lipinski definition) is 2. The second kappa shape index (κ2) is 7.50. The molecule has 0 unspecified atom stereocenters. The fourth-order valence-corrected chi connectivity index (χ4v) is 3.02. The van der Waals surface area contributed by atoms with Crippen molar-refractivity contribution in [2.24, 2.45) is 0 Å². The molecular formula is C15H28N2O3. The fraction of sp³-hybridized carbons (Fsp3) is 0.867. The van der Waals surface area contributed by atoms with Crippen LogP contribution in [-0.2, 0) is 4.79 Å². The number of carboxylic acid groups (broad SMARTS) is 1. The summed E-state index contributed by atoms with van der Waals surface area (Å²) in [5.74, 6) is -0.949. The van der Waals surface area contributed by atoms with Crippen molar-refractivity contribution in [3.63, 3.8) is 0 Å². The highest BCUT2D eigenvalue weighted by molar-refractivity contribution is 5.86. The lowest BCUT2D eigenvalue weighted by Gasteiger charge is -2.37. The first-order valence-corrected chi connectivity index (χ1v) is 7.82. The van der Waals surface area contributed by atoms with Crippen LogP contribution in [0.4, 0.5) is 4.79 Å². The molecule has 5 nitrogen and oxygen atoms in total. The Morgan fingerprint density at radius 1 is 1.15 bits per heavy atom. The molecule has 0 atom stereocenters. The molecule has 0 saturated heterocycles. The smallest absolute Gasteiger partial charge is 0.329 e. The Labute approximate surface area is 121 Å². The van der Waals surface area contributed by atoms with Crippen LogP contribution in [0.3, 0.4) is 0 Å². The van der Waals surface area contributed by atoms with Crippen molar-refractivity contribution in [1.82, 2.24) is 10.2 Å². The van der Waals surface area contributed by atoms with Gasteiger partial charge in [0.1, 0.15) is 5.54 Å². The summed E-state index contributed by atoms with van der Waals surface area (Å²) in [6, 6.07) is 0.0273. The molecule has 5 heteroatoms. The Morgan fingerprint density at radius 2 is 1.70 bits per heavy atom. The Balaban J connectivity index is 2.77. The third-order valence-electron chi connectivity index (χ3n) is 4.58. The minimum absolute atomic E-state index is 0.231. The van der Waals surface area contributed by atoms with E-state index in [4.69, 9.17) is 0 Å². The summed E-state index contributed by atoms with van der Waals surface area (Å²) in [5, 5.41) is 12.2. The van der Waals surface area contributed by atoms with Crippen LogP contribution in [0.25, 0.3) is 0 Å². The predicted octanol–water partition coefficient (Wildman–Crippen LogP) is 2.99. The van der Waals surface area contributed by atoms with Gasteiger partial charge in [-0.15, -0.1) is 0 Å². The van der Waals surface area contributed by atoms with E-state index in [2.05, 4.69) is 5.32 Å². The molecule has 1 saturated carbocycles. The van der Waals surface area contributed by atoms with E-state index in [1.807, 2.05) is 11.8 Å². The number of nitrogens with one attached hydrogen (secondary N) is 1. The van der Waals surface area contributed by atoms with Gasteiger partial charge in [0.25, 0.3) is 0 Å². The maximum Gasteiger partial charge on any atom is 0.329 e. The first-order chi connectivity index (χ1) is 9.50. The van der Waals surface area contributed by atoms with Crippen LogP contribution in [0, 0.1) is 0 Å². The van der Waals surface area contributed by atoms with Crippen LogP contribution < -0.4 is 5.32 Å². The van der Waals surface area contributed by atoms with Gasteiger partial charge in [0.15, 0.2) is 0 Å². The lowest BCUT2D eigenvalue weighted by Crippen LogP contribution is -2.59. The number of hydrogen-bond donors (Lipinski definition) is 2. The third kappa shape index (κ3) is 3.64. The lowest BCUT2D eigenvalue weighted by atomic mass is 9.92.